The number of rotatable bonds is 9. The predicted octanol–water partition coefficient (Wildman–Crippen LogP) is 3.50. The number of nitrogens with zero attached hydrogens (tertiary/aromatic N) is 2. The maximum absolute atomic E-state index is 12.4. The van der Waals surface area contributed by atoms with Gasteiger partial charge in [-0.1, -0.05) is 12.1 Å². The van der Waals surface area contributed by atoms with E-state index in [1.807, 2.05) is 52.0 Å². The first-order chi connectivity index (χ1) is 17.8. The Morgan fingerprint density at radius 3 is 1.74 bits per heavy atom. The average Bonchev–Trinajstić information content (AvgIpc) is 2.86. The van der Waals surface area contributed by atoms with Crippen molar-refractivity contribution < 1.29 is 35.6 Å². The molecule has 0 spiro atoms. The first kappa shape index (κ1) is 33.0. The maximum atomic E-state index is 12.4. The normalized spacial score (nSPS) is 13.3. The van der Waals surface area contributed by atoms with Gasteiger partial charge < -0.3 is 10.0 Å². The van der Waals surface area contributed by atoms with Gasteiger partial charge in [-0.2, -0.15) is 16.8 Å². The number of anilines is 1. The van der Waals surface area contributed by atoms with Crippen LogP contribution in [0.3, 0.4) is 0 Å². The fraction of sp³-hybridized carbons (Fsp3) is 0.296. The van der Waals surface area contributed by atoms with Crippen molar-refractivity contribution in [2.24, 2.45) is 0 Å². The van der Waals surface area contributed by atoms with Gasteiger partial charge in [0, 0.05) is 36.5 Å². The van der Waals surface area contributed by atoms with Gasteiger partial charge in [0.15, 0.2) is 5.71 Å². The summed E-state index contributed by atoms with van der Waals surface area (Å²) in [6.07, 6.45) is 7.35. The molecule has 1 aliphatic carbocycles. The van der Waals surface area contributed by atoms with Crippen molar-refractivity contribution in [1.82, 2.24) is 0 Å². The second-order valence-corrected chi connectivity index (χ2v) is 11.4. The molecule has 0 aliphatic heterocycles. The third-order valence-electron chi connectivity index (χ3n) is 6.46. The van der Waals surface area contributed by atoms with Crippen LogP contribution in [-0.4, -0.2) is 97.1 Å². The number of benzene rings is 2. The van der Waals surface area contributed by atoms with Crippen LogP contribution in [0, 0.1) is 0 Å². The van der Waals surface area contributed by atoms with E-state index in [2.05, 4.69) is 9.48 Å². The van der Waals surface area contributed by atoms with E-state index in [1.165, 1.54) is 0 Å². The summed E-state index contributed by atoms with van der Waals surface area (Å²) in [6, 6.07) is 8.84. The minimum absolute atomic E-state index is 0. The number of aromatic hydroxyl groups is 1. The Morgan fingerprint density at radius 2 is 1.31 bits per heavy atom. The van der Waals surface area contributed by atoms with Gasteiger partial charge in [-0.3, -0.25) is 9.11 Å². The van der Waals surface area contributed by atoms with Gasteiger partial charge in [-0.05, 0) is 80.8 Å². The third kappa shape index (κ3) is 7.49. The molecule has 0 amide bonds. The van der Waals surface area contributed by atoms with Crippen LogP contribution < -0.4 is 4.90 Å². The van der Waals surface area contributed by atoms with Gasteiger partial charge in [0.2, 0.25) is 0 Å². The van der Waals surface area contributed by atoms with Crippen molar-refractivity contribution >= 4 is 66.8 Å². The standard InChI is InChI=1S/C27H32N2O7S2.Na.H/c1-5-28(6-2)21-13-9-19(10-14-21)27(20-11-15-22(16-12-20)29(7-3)8-4)23-17-24(30)26(38(34,35)36)18-25(23)37(31,32)33;;/h9-18H,5-8H2,1-4H3,(H2-,30,31,32,33,34,35,36);;/p+1. The number of phenolic OH excluding ortho intramolecular Hbond substituents is 1. The molecule has 0 bridgehead atoms. The molecule has 2 aromatic rings. The molecule has 39 heavy (non-hydrogen) atoms. The second-order valence-electron chi connectivity index (χ2n) is 8.58. The molecular formula is C27H34N2NaO7S2+. The summed E-state index contributed by atoms with van der Waals surface area (Å²) in [5.41, 5.74) is 3.26. The van der Waals surface area contributed by atoms with E-state index in [9.17, 15) is 31.0 Å². The van der Waals surface area contributed by atoms with E-state index in [0.717, 1.165) is 43.6 Å². The number of phenols is 1. The molecule has 12 heteroatoms. The Morgan fingerprint density at radius 1 is 0.795 bits per heavy atom. The van der Waals surface area contributed by atoms with Crippen molar-refractivity contribution in [3.63, 3.8) is 0 Å². The topological polar surface area (TPSA) is 135 Å². The predicted molar refractivity (Wildman–Crippen MR) is 156 cm³/mol. The third-order valence-corrected chi connectivity index (χ3v) is 8.23. The number of hydrogen-bond acceptors (Lipinski definition) is 6. The molecule has 0 aromatic heterocycles. The SMILES string of the molecule is CCN(CC)c1ccc(C(=C2C=CC(=[N+](CC)CC)C=C2)c2cc(O)c(S(=O)(=O)O)cc2S(=O)(=O)O)cc1.[NaH]. The van der Waals surface area contributed by atoms with E-state index < -0.39 is 35.8 Å². The molecule has 1 aliphatic rings. The fourth-order valence-electron chi connectivity index (χ4n) is 4.50. The van der Waals surface area contributed by atoms with Crippen molar-refractivity contribution in [2.45, 2.75) is 37.5 Å². The summed E-state index contributed by atoms with van der Waals surface area (Å²) in [6.45, 7) is 11.3. The molecule has 0 saturated carbocycles. The van der Waals surface area contributed by atoms with Crippen LogP contribution in [0.1, 0.15) is 38.8 Å². The Balaban J connectivity index is 0.00000533. The van der Waals surface area contributed by atoms with Crippen molar-refractivity contribution in [2.75, 3.05) is 31.1 Å². The molecule has 0 atom stereocenters. The number of allylic oxidation sites excluding steroid dienone is 5. The van der Waals surface area contributed by atoms with Gasteiger partial charge in [-0.25, -0.2) is 4.58 Å². The molecule has 0 saturated heterocycles. The summed E-state index contributed by atoms with van der Waals surface area (Å²) in [5, 5.41) is 10.5. The fourth-order valence-corrected chi connectivity index (χ4v) is 5.87. The van der Waals surface area contributed by atoms with E-state index in [0.29, 0.717) is 22.8 Å². The molecule has 3 N–H and O–H groups in total. The van der Waals surface area contributed by atoms with Crippen molar-refractivity contribution in [1.29, 1.82) is 0 Å². The molecular weight excluding hydrogens is 551 g/mol. The Bertz CT molecular complexity index is 1530. The molecule has 0 fully saturated rings. The first-order valence-electron chi connectivity index (χ1n) is 12.3. The molecule has 2 aromatic carbocycles. The molecule has 9 nitrogen and oxygen atoms in total. The number of hydrogen-bond donors (Lipinski definition) is 3. The zero-order valence-corrected chi connectivity index (χ0v) is 23.4. The summed E-state index contributed by atoms with van der Waals surface area (Å²) in [7, 11) is -9.95. The Labute approximate surface area is 252 Å². The van der Waals surface area contributed by atoms with Gasteiger partial charge in [0.25, 0.3) is 20.2 Å². The van der Waals surface area contributed by atoms with E-state index in [-0.39, 0.29) is 35.1 Å². The molecule has 0 heterocycles. The zero-order chi connectivity index (χ0) is 28.3. The van der Waals surface area contributed by atoms with Crippen LogP contribution in [0.4, 0.5) is 5.69 Å². The average molecular weight is 586 g/mol. The monoisotopic (exact) mass is 585 g/mol. The van der Waals surface area contributed by atoms with Gasteiger partial charge in [0.05, 0.1) is 0 Å². The van der Waals surface area contributed by atoms with Crippen LogP contribution in [0.2, 0.25) is 0 Å². The Hall–Kier alpha value is -2.25. The van der Waals surface area contributed by atoms with Crippen LogP contribution in [0.5, 0.6) is 5.75 Å². The summed E-state index contributed by atoms with van der Waals surface area (Å²) in [5.74, 6) is -0.855. The van der Waals surface area contributed by atoms with Crippen LogP contribution in [0.15, 0.2) is 76.1 Å². The van der Waals surface area contributed by atoms with Crippen LogP contribution in [0.25, 0.3) is 5.57 Å². The van der Waals surface area contributed by atoms with Crippen LogP contribution in [-0.2, 0) is 20.2 Å². The van der Waals surface area contributed by atoms with Gasteiger partial charge >= 0.3 is 29.6 Å². The summed E-state index contributed by atoms with van der Waals surface area (Å²) in [4.78, 5) is 0.346. The molecule has 0 radical (unpaired) electrons. The zero-order valence-electron chi connectivity index (χ0n) is 21.8. The first-order valence-corrected chi connectivity index (χ1v) is 15.1. The molecule has 3 rings (SSSR count). The minimum atomic E-state index is -4.98. The van der Waals surface area contributed by atoms with E-state index >= 15 is 0 Å². The second kappa shape index (κ2) is 13.4. The van der Waals surface area contributed by atoms with E-state index in [1.54, 1.807) is 24.3 Å². The molecule has 0 unspecified atom stereocenters. The summed E-state index contributed by atoms with van der Waals surface area (Å²) < 4.78 is 70.1. The van der Waals surface area contributed by atoms with Crippen molar-refractivity contribution in [3.05, 3.63) is 77.4 Å². The summed E-state index contributed by atoms with van der Waals surface area (Å²) >= 11 is 0. The van der Waals surface area contributed by atoms with Gasteiger partial charge in [-0.15, -0.1) is 0 Å². The molecule has 206 valence electrons. The van der Waals surface area contributed by atoms with Crippen molar-refractivity contribution in [3.8, 4) is 5.75 Å². The van der Waals surface area contributed by atoms with Crippen LogP contribution >= 0.6 is 0 Å². The Kier molecular flexibility index (Phi) is 11.3. The van der Waals surface area contributed by atoms with Gasteiger partial charge in [0.1, 0.15) is 28.6 Å². The quantitative estimate of drug-likeness (QED) is 0.231. The van der Waals surface area contributed by atoms with E-state index in [4.69, 9.17) is 0 Å².